The van der Waals surface area contributed by atoms with Gasteiger partial charge in [0.25, 0.3) is 0 Å². The smallest absolute Gasteiger partial charge is 0.357 e. The lowest BCUT2D eigenvalue weighted by molar-refractivity contribution is 0.0520. The highest BCUT2D eigenvalue weighted by molar-refractivity contribution is 5.99. The second-order valence-corrected chi connectivity index (χ2v) is 8.39. The van der Waals surface area contributed by atoms with Crippen molar-refractivity contribution in [1.29, 1.82) is 0 Å². The zero-order chi connectivity index (χ0) is 21.4. The fourth-order valence-corrected chi connectivity index (χ4v) is 4.55. The summed E-state index contributed by atoms with van der Waals surface area (Å²) in [6.07, 6.45) is 6.89. The van der Waals surface area contributed by atoms with Crippen LogP contribution in [-0.2, 0) is 4.74 Å². The van der Waals surface area contributed by atoms with Gasteiger partial charge in [0.1, 0.15) is 5.82 Å². The van der Waals surface area contributed by atoms with Gasteiger partial charge in [0.05, 0.1) is 29.1 Å². The molecule has 0 unspecified atom stereocenters. The molecular formula is C24H27FN4O2. The van der Waals surface area contributed by atoms with Crippen LogP contribution in [0.25, 0.3) is 16.7 Å². The molecular weight excluding hydrogens is 395 g/mol. The van der Waals surface area contributed by atoms with Crippen molar-refractivity contribution in [3.8, 4) is 5.69 Å². The quantitative estimate of drug-likeness (QED) is 0.542. The lowest BCUT2D eigenvalue weighted by Crippen LogP contribution is -2.30. The van der Waals surface area contributed by atoms with Crippen LogP contribution in [0, 0.1) is 5.82 Å². The van der Waals surface area contributed by atoms with Gasteiger partial charge in [0, 0.05) is 19.0 Å². The SMILES string of the molecule is CCOC(=O)c1cc(N2CCCCC2)c2c(C3CCC3)nn(-c3ccc(F)cc3)c2n1. The van der Waals surface area contributed by atoms with Crippen LogP contribution in [0.1, 0.15) is 67.5 Å². The number of hydrogen-bond acceptors (Lipinski definition) is 5. The molecule has 0 atom stereocenters. The number of piperidine rings is 1. The summed E-state index contributed by atoms with van der Waals surface area (Å²) >= 11 is 0. The van der Waals surface area contributed by atoms with Crippen molar-refractivity contribution >= 4 is 22.7 Å². The standard InChI is InChI=1S/C24H27FN4O2/c1-2-31-24(30)19-15-20(28-13-4-3-5-14-28)21-22(16-7-6-8-16)27-29(23(21)26-19)18-11-9-17(25)10-12-18/h9-12,15-16H,2-8,13-14H2,1H3. The number of benzene rings is 1. The topological polar surface area (TPSA) is 60.2 Å². The number of rotatable bonds is 5. The third-order valence-corrected chi connectivity index (χ3v) is 6.39. The number of anilines is 1. The van der Waals surface area contributed by atoms with Crippen molar-refractivity contribution in [2.75, 3.05) is 24.6 Å². The summed E-state index contributed by atoms with van der Waals surface area (Å²) in [5, 5.41) is 5.98. The number of halogens is 1. The Balaban J connectivity index is 1.75. The minimum absolute atomic E-state index is 0.290. The molecule has 0 radical (unpaired) electrons. The molecule has 1 aromatic carbocycles. The molecule has 1 saturated heterocycles. The molecule has 1 aliphatic heterocycles. The third kappa shape index (κ3) is 3.66. The van der Waals surface area contributed by atoms with Crippen LogP contribution >= 0.6 is 0 Å². The highest BCUT2D eigenvalue weighted by atomic mass is 19.1. The van der Waals surface area contributed by atoms with E-state index in [1.165, 1.54) is 25.0 Å². The fraction of sp³-hybridized carbons (Fsp3) is 0.458. The van der Waals surface area contributed by atoms with Gasteiger partial charge in [-0.25, -0.2) is 18.9 Å². The Bertz CT molecular complexity index is 1100. The number of fused-ring (bicyclic) bond motifs is 1. The van der Waals surface area contributed by atoms with Crippen LogP contribution in [0.3, 0.4) is 0 Å². The van der Waals surface area contributed by atoms with E-state index in [9.17, 15) is 9.18 Å². The maximum Gasteiger partial charge on any atom is 0.357 e. The van der Waals surface area contributed by atoms with E-state index in [-0.39, 0.29) is 5.82 Å². The average molecular weight is 423 g/mol. The number of carbonyl (C=O) groups is 1. The second kappa shape index (κ2) is 8.29. The lowest BCUT2D eigenvalue weighted by atomic mass is 9.82. The summed E-state index contributed by atoms with van der Waals surface area (Å²) in [6.45, 7) is 3.99. The zero-order valence-electron chi connectivity index (χ0n) is 17.8. The van der Waals surface area contributed by atoms with Crippen molar-refractivity contribution < 1.29 is 13.9 Å². The van der Waals surface area contributed by atoms with Crippen LogP contribution < -0.4 is 4.90 Å². The summed E-state index contributed by atoms with van der Waals surface area (Å²) in [7, 11) is 0. The van der Waals surface area contributed by atoms with Crippen LogP contribution in [-0.4, -0.2) is 40.4 Å². The van der Waals surface area contributed by atoms with Crippen molar-refractivity contribution in [3.63, 3.8) is 0 Å². The predicted octanol–water partition coefficient (Wildman–Crippen LogP) is 4.99. The maximum absolute atomic E-state index is 13.6. The van der Waals surface area contributed by atoms with Crippen LogP contribution in [0.5, 0.6) is 0 Å². The minimum atomic E-state index is -0.431. The fourth-order valence-electron chi connectivity index (χ4n) is 4.55. The lowest BCUT2D eigenvalue weighted by Gasteiger charge is -2.31. The van der Waals surface area contributed by atoms with E-state index >= 15 is 0 Å². The van der Waals surface area contributed by atoms with Gasteiger partial charge in [-0.3, -0.25) is 0 Å². The predicted molar refractivity (Wildman–Crippen MR) is 117 cm³/mol. The first-order valence-corrected chi connectivity index (χ1v) is 11.3. The Kier molecular flexibility index (Phi) is 5.34. The van der Waals surface area contributed by atoms with Gasteiger partial charge in [-0.2, -0.15) is 5.10 Å². The largest absolute Gasteiger partial charge is 0.461 e. The molecule has 6 nitrogen and oxygen atoms in total. The molecule has 2 aliphatic rings. The Morgan fingerprint density at radius 3 is 2.52 bits per heavy atom. The molecule has 3 aromatic rings. The minimum Gasteiger partial charge on any atom is -0.461 e. The van der Waals surface area contributed by atoms with E-state index in [2.05, 4.69) is 4.90 Å². The Morgan fingerprint density at radius 1 is 1.13 bits per heavy atom. The summed E-state index contributed by atoms with van der Waals surface area (Å²) in [5.41, 5.74) is 3.71. The summed E-state index contributed by atoms with van der Waals surface area (Å²) in [4.78, 5) is 19.7. The van der Waals surface area contributed by atoms with Gasteiger partial charge in [0.2, 0.25) is 0 Å². The van der Waals surface area contributed by atoms with Crippen LogP contribution in [0.4, 0.5) is 10.1 Å². The number of carbonyl (C=O) groups excluding carboxylic acids is 1. The van der Waals surface area contributed by atoms with E-state index in [1.807, 2.05) is 6.07 Å². The zero-order valence-corrected chi connectivity index (χ0v) is 17.8. The van der Waals surface area contributed by atoms with Gasteiger partial charge >= 0.3 is 5.97 Å². The molecule has 0 spiro atoms. The van der Waals surface area contributed by atoms with E-state index < -0.39 is 5.97 Å². The summed E-state index contributed by atoms with van der Waals surface area (Å²) in [6, 6.07) is 8.13. The molecule has 0 bridgehead atoms. The Hall–Kier alpha value is -2.96. The van der Waals surface area contributed by atoms with Gasteiger partial charge < -0.3 is 9.64 Å². The number of ether oxygens (including phenoxy) is 1. The average Bonchev–Trinajstić information content (AvgIpc) is 3.12. The van der Waals surface area contributed by atoms with Crippen LogP contribution in [0.15, 0.2) is 30.3 Å². The first kappa shape index (κ1) is 20.0. The molecule has 7 heteroatoms. The van der Waals surface area contributed by atoms with Gasteiger partial charge in [0.15, 0.2) is 11.3 Å². The molecule has 5 rings (SSSR count). The number of esters is 1. The number of nitrogens with zero attached hydrogens (tertiary/aromatic N) is 4. The van der Waals surface area contributed by atoms with Gasteiger partial charge in [-0.15, -0.1) is 0 Å². The normalized spacial score (nSPS) is 17.0. The molecule has 31 heavy (non-hydrogen) atoms. The monoisotopic (exact) mass is 422 g/mol. The highest BCUT2D eigenvalue weighted by Crippen LogP contribution is 2.43. The van der Waals surface area contributed by atoms with Gasteiger partial charge in [-0.05, 0) is 69.4 Å². The molecule has 2 fully saturated rings. The van der Waals surface area contributed by atoms with E-state index in [0.717, 1.165) is 61.2 Å². The summed E-state index contributed by atoms with van der Waals surface area (Å²) < 4.78 is 20.6. The maximum atomic E-state index is 13.6. The molecule has 0 N–H and O–H groups in total. The molecule has 162 valence electrons. The molecule has 0 amide bonds. The van der Waals surface area contributed by atoms with Crippen molar-refractivity contribution in [2.45, 2.75) is 51.4 Å². The van der Waals surface area contributed by atoms with E-state index in [4.69, 9.17) is 14.8 Å². The number of aromatic nitrogens is 3. The third-order valence-electron chi connectivity index (χ3n) is 6.39. The van der Waals surface area contributed by atoms with E-state index in [0.29, 0.717) is 23.9 Å². The number of pyridine rings is 1. The van der Waals surface area contributed by atoms with Crippen molar-refractivity contribution in [3.05, 3.63) is 47.5 Å². The van der Waals surface area contributed by atoms with Crippen molar-refractivity contribution in [2.24, 2.45) is 0 Å². The second-order valence-electron chi connectivity index (χ2n) is 8.39. The molecule has 3 heterocycles. The van der Waals surface area contributed by atoms with Gasteiger partial charge in [-0.1, -0.05) is 6.42 Å². The molecule has 2 aromatic heterocycles. The summed E-state index contributed by atoms with van der Waals surface area (Å²) in [5.74, 6) is -0.337. The number of hydrogen-bond donors (Lipinski definition) is 0. The van der Waals surface area contributed by atoms with Crippen LogP contribution in [0.2, 0.25) is 0 Å². The first-order chi connectivity index (χ1) is 15.2. The van der Waals surface area contributed by atoms with E-state index in [1.54, 1.807) is 23.7 Å². The molecule has 1 saturated carbocycles. The highest BCUT2D eigenvalue weighted by Gasteiger charge is 2.30. The Labute approximate surface area is 181 Å². The first-order valence-electron chi connectivity index (χ1n) is 11.3. The Morgan fingerprint density at radius 2 is 1.87 bits per heavy atom. The molecule has 1 aliphatic carbocycles. The van der Waals surface area contributed by atoms with Crippen molar-refractivity contribution in [1.82, 2.24) is 14.8 Å².